The Bertz CT molecular complexity index is 817. The van der Waals surface area contributed by atoms with Crippen LogP contribution in [0.3, 0.4) is 0 Å². The summed E-state index contributed by atoms with van der Waals surface area (Å²) in [5.41, 5.74) is 1.87. The maximum atomic E-state index is 12.5. The smallest absolute Gasteiger partial charge is 0.338 e. The monoisotopic (exact) mass is 396 g/mol. The Morgan fingerprint density at radius 1 is 0.800 bits per heavy atom. The molecule has 3 aromatic rings. The fraction of sp³-hybridized carbons (Fsp3) is 0.0952. The van der Waals surface area contributed by atoms with Crippen molar-refractivity contribution < 1.29 is 14.6 Å². The van der Waals surface area contributed by atoms with E-state index in [9.17, 15) is 9.90 Å². The second kappa shape index (κ2) is 8.10. The van der Waals surface area contributed by atoms with Gasteiger partial charge in [0.1, 0.15) is 6.10 Å². The van der Waals surface area contributed by atoms with Gasteiger partial charge in [0.25, 0.3) is 0 Å². The van der Waals surface area contributed by atoms with Gasteiger partial charge in [-0.15, -0.1) is 0 Å². The third-order valence-corrected chi connectivity index (χ3v) is 4.40. The largest absolute Gasteiger partial charge is 0.451 e. The second-order valence-electron chi connectivity index (χ2n) is 5.60. The maximum absolute atomic E-state index is 12.5. The first-order valence-electron chi connectivity index (χ1n) is 7.89. The first-order valence-corrected chi connectivity index (χ1v) is 8.69. The van der Waals surface area contributed by atoms with Gasteiger partial charge in [0.05, 0.1) is 5.56 Å². The van der Waals surface area contributed by atoms with E-state index < -0.39 is 18.2 Å². The lowest BCUT2D eigenvalue weighted by Gasteiger charge is -2.24. The number of rotatable bonds is 5. The molecule has 0 aromatic heterocycles. The number of carbonyl (C=O) groups is 1. The van der Waals surface area contributed by atoms with Crippen LogP contribution < -0.4 is 0 Å². The predicted octanol–water partition coefficient (Wildman–Crippen LogP) is 5.08. The van der Waals surface area contributed by atoms with E-state index in [-0.39, 0.29) is 0 Å². The van der Waals surface area contributed by atoms with Gasteiger partial charge in [-0.1, -0.05) is 76.6 Å². The van der Waals surface area contributed by atoms with E-state index in [1.54, 1.807) is 24.3 Å². The molecule has 0 fully saturated rings. The summed E-state index contributed by atoms with van der Waals surface area (Å²) in [5.74, 6) is -0.476. The number of esters is 1. The molecule has 25 heavy (non-hydrogen) atoms. The molecule has 3 aromatic carbocycles. The Hall–Kier alpha value is -2.43. The highest BCUT2D eigenvalue weighted by Crippen LogP contribution is 2.32. The van der Waals surface area contributed by atoms with Crippen LogP contribution in [0.25, 0.3) is 0 Å². The lowest BCUT2D eigenvalue weighted by atomic mass is 9.98. The molecule has 0 aliphatic carbocycles. The molecule has 2 atom stereocenters. The number of hydrogen-bond donors (Lipinski definition) is 1. The highest BCUT2D eigenvalue weighted by molar-refractivity contribution is 9.10. The van der Waals surface area contributed by atoms with Crippen LogP contribution in [0.2, 0.25) is 0 Å². The Morgan fingerprint density at radius 2 is 1.32 bits per heavy atom. The molecule has 0 bridgehead atoms. The van der Waals surface area contributed by atoms with Crippen molar-refractivity contribution in [2.75, 3.05) is 0 Å². The Kier molecular flexibility index (Phi) is 5.64. The van der Waals surface area contributed by atoms with Crippen LogP contribution in [0.5, 0.6) is 0 Å². The van der Waals surface area contributed by atoms with E-state index in [0.717, 1.165) is 10.0 Å². The Balaban J connectivity index is 1.89. The molecule has 0 saturated heterocycles. The van der Waals surface area contributed by atoms with Crippen molar-refractivity contribution in [1.29, 1.82) is 0 Å². The van der Waals surface area contributed by atoms with Crippen molar-refractivity contribution in [2.24, 2.45) is 0 Å². The van der Waals surface area contributed by atoms with Gasteiger partial charge in [-0.2, -0.15) is 0 Å². The number of benzene rings is 3. The number of aliphatic hydroxyl groups excluding tert-OH is 1. The molecule has 126 valence electrons. The Labute approximate surface area is 155 Å². The molecule has 3 rings (SSSR count). The van der Waals surface area contributed by atoms with Gasteiger partial charge in [0, 0.05) is 4.47 Å². The third kappa shape index (κ3) is 4.35. The third-order valence-electron chi connectivity index (χ3n) is 3.87. The molecule has 2 unspecified atom stereocenters. The second-order valence-corrected chi connectivity index (χ2v) is 6.51. The molecule has 1 N–H and O–H groups in total. The van der Waals surface area contributed by atoms with E-state index in [1.807, 2.05) is 60.7 Å². The number of ether oxygens (including phenoxy) is 1. The minimum absolute atomic E-state index is 0.435. The molecule has 0 heterocycles. The van der Waals surface area contributed by atoms with Gasteiger partial charge in [0.2, 0.25) is 0 Å². The van der Waals surface area contributed by atoms with E-state index in [4.69, 9.17) is 4.74 Å². The topological polar surface area (TPSA) is 46.5 Å². The van der Waals surface area contributed by atoms with Crippen LogP contribution >= 0.6 is 15.9 Å². The highest BCUT2D eigenvalue weighted by Gasteiger charge is 2.27. The van der Waals surface area contributed by atoms with Crippen LogP contribution in [0.4, 0.5) is 0 Å². The van der Waals surface area contributed by atoms with Crippen LogP contribution in [0.15, 0.2) is 89.4 Å². The summed E-state index contributed by atoms with van der Waals surface area (Å²) in [4.78, 5) is 12.5. The van der Waals surface area contributed by atoms with Gasteiger partial charge >= 0.3 is 5.97 Å². The van der Waals surface area contributed by atoms with Crippen LogP contribution in [-0.4, -0.2) is 11.1 Å². The summed E-state index contributed by atoms with van der Waals surface area (Å²) in [6, 6.07) is 25.4. The lowest BCUT2D eigenvalue weighted by Crippen LogP contribution is -2.18. The van der Waals surface area contributed by atoms with Crippen LogP contribution in [-0.2, 0) is 4.74 Å². The molecule has 0 amide bonds. The van der Waals surface area contributed by atoms with Gasteiger partial charge in [0.15, 0.2) is 6.10 Å². The number of halogens is 1. The zero-order valence-corrected chi connectivity index (χ0v) is 15.0. The van der Waals surface area contributed by atoms with E-state index in [2.05, 4.69) is 15.9 Å². The predicted molar refractivity (Wildman–Crippen MR) is 100 cm³/mol. The van der Waals surface area contributed by atoms with Gasteiger partial charge in [-0.3, -0.25) is 0 Å². The van der Waals surface area contributed by atoms with Crippen molar-refractivity contribution in [3.8, 4) is 0 Å². The van der Waals surface area contributed by atoms with Crippen LogP contribution in [0, 0.1) is 0 Å². The molecule has 0 spiro atoms. The van der Waals surface area contributed by atoms with E-state index >= 15 is 0 Å². The van der Waals surface area contributed by atoms with Crippen molar-refractivity contribution in [3.63, 3.8) is 0 Å². The molecule has 0 saturated carbocycles. The number of aliphatic hydroxyl groups is 1. The first kappa shape index (κ1) is 17.4. The fourth-order valence-corrected chi connectivity index (χ4v) is 2.82. The molecule has 0 radical (unpaired) electrons. The van der Waals surface area contributed by atoms with Gasteiger partial charge in [-0.25, -0.2) is 4.79 Å². The summed E-state index contributed by atoms with van der Waals surface area (Å²) >= 11 is 3.34. The average Bonchev–Trinajstić information content (AvgIpc) is 2.67. The highest BCUT2D eigenvalue weighted by atomic mass is 79.9. The zero-order valence-electron chi connectivity index (χ0n) is 13.4. The van der Waals surface area contributed by atoms with E-state index in [0.29, 0.717) is 11.1 Å². The van der Waals surface area contributed by atoms with Gasteiger partial charge in [-0.05, 0) is 35.4 Å². The molecule has 4 heteroatoms. The summed E-state index contributed by atoms with van der Waals surface area (Å²) in [7, 11) is 0. The molecular weight excluding hydrogens is 380 g/mol. The average molecular weight is 397 g/mol. The molecule has 3 nitrogen and oxygen atoms in total. The quantitative estimate of drug-likeness (QED) is 0.611. The summed E-state index contributed by atoms with van der Waals surface area (Å²) in [5, 5.41) is 10.8. The molecule has 0 aliphatic rings. The van der Waals surface area contributed by atoms with Crippen molar-refractivity contribution in [2.45, 2.75) is 12.2 Å². The number of hydrogen-bond acceptors (Lipinski definition) is 3. The Morgan fingerprint density at radius 3 is 1.88 bits per heavy atom. The van der Waals surface area contributed by atoms with Gasteiger partial charge < -0.3 is 9.84 Å². The standard InChI is InChI=1S/C21H17BrO3/c22-18-13-11-17(12-14-18)21(24)25-20(16-9-5-2-6-10-16)19(23)15-7-3-1-4-8-15/h1-14,19-20,23H. The summed E-state index contributed by atoms with van der Waals surface area (Å²) < 4.78 is 6.56. The fourth-order valence-electron chi connectivity index (χ4n) is 2.55. The van der Waals surface area contributed by atoms with Crippen molar-refractivity contribution in [3.05, 3.63) is 106 Å². The summed E-state index contributed by atoms with van der Waals surface area (Å²) in [6.07, 6.45) is -1.75. The minimum atomic E-state index is -0.956. The minimum Gasteiger partial charge on any atom is -0.451 e. The van der Waals surface area contributed by atoms with Crippen molar-refractivity contribution in [1.82, 2.24) is 0 Å². The lowest BCUT2D eigenvalue weighted by molar-refractivity contribution is -0.0209. The molecular formula is C21H17BrO3. The number of carbonyl (C=O) groups excluding carboxylic acids is 1. The van der Waals surface area contributed by atoms with Crippen molar-refractivity contribution >= 4 is 21.9 Å². The zero-order chi connectivity index (χ0) is 17.6. The summed E-state index contributed by atoms with van der Waals surface area (Å²) in [6.45, 7) is 0. The van der Waals surface area contributed by atoms with E-state index in [1.165, 1.54) is 0 Å². The van der Waals surface area contributed by atoms with Crippen LogP contribution in [0.1, 0.15) is 33.7 Å². The normalized spacial score (nSPS) is 13.0. The first-order chi connectivity index (χ1) is 12.1. The maximum Gasteiger partial charge on any atom is 0.338 e. The SMILES string of the molecule is O=C(OC(c1ccccc1)C(O)c1ccccc1)c1ccc(Br)cc1. The molecule has 0 aliphatic heterocycles.